The summed E-state index contributed by atoms with van der Waals surface area (Å²) in [6.45, 7) is 3.01. The van der Waals surface area contributed by atoms with Crippen LogP contribution in [0.4, 0.5) is 0 Å². The highest BCUT2D eigenvalue weighted by Crippen LogP contribution is 2.22. The molecule has 0 aromatic carbocycles. The van der Waals surface area contributed by atoms with Crippen molar-refractivity contribution in [1.82, 2.24) is 19.9 Å². The highest BCUT2D eigenvalue weighted by atomic mass is 32.2. The first-order valence-corrected chi connectivity index (χ1v) is 7.93. The van der Waals surface area contributed by atoms with Gasteiger partial charge in [-0.2, -0.15) is 0 Å². The van der Waals surface area contributed by atoms with Crippen LogP contribution >= 0.6 is 11.8 Å². The summed E-state index contributed by atoms with van der Waals surface area (Å²) < 4.78 is 0. The summed E-state index contributed by atoms with van der Waals surface area (Å²) in [6, 6.07) is 6.38. The van der Waals surface area contributed by atoms with Crippen LogP contribution in [0.3, 0.4) is 0 Å². The number of pyridine rings is 1. The predicted molar refractivity (Wildman–Crippen MR) is 82.5 cm³/mol. The van der Waals surface area contributed by atoms with Crippen molar-refractivity contribution in [3.05, 3.63) is 48.0 Å². The summed E-state index contributed by atoms with van der Waals surface area (Å²) in [5.41, 5.74) is 2.24. The van der Waals surface area contributed by atoms with Gasteiger partial charge in [0.05, 0.1) is 11.7 Å². The van der Waals surface area contributed by atoms with Gasteiger partial charge in [0.1, 0.15) is 0 Å². The van der Waals surface area contributed by atoms with Gasteiger partial charge < -0.3 is 0 Å². The summed E-state index contributed by atoms with van der Waals surface area (Å²) >= 11 is 1.56. The predicted octanol–water partition coefficient (Wildman–Crippen LogP) is 3.18. The quantitative estimate of drug-likeness (QED) is 0.603. The van der Waals surface area contributed by atoms with Gasteiger partial charge in [-0.25, -0.2) is 9.97 Å². The van der Waals surface area contributed by atoms with Crippen molar-refractivity contribution in [2.75, 3.05) is 13.3 Å². The molecule has 1 atom stereocenters. The van der Waals surface area contributed by atoms with Crippen LogP contribution in [0.25, 0.3) is 0 Å². The Morgan fingerprint density at radius 1 is 1.20 bits per heavy atom. The second-order valence-electron chi connectivity index (χ2n) is 4.67. The van der Waals surface area contributed by atoms with E-state index in [1.165, 1.54) is 0 Å². The van der Waals surface area contributed by atoms with Crippen LogP contribution < -0.4 is 0 Å². The smallest absolute Gasteiger partial charge is 0.187 e. The normalized spacial score (nSPS) is 12.6. The molecule has 0 aliphatic rings. The number of hydrogen-bond acceptors (Lipinski definition) is 5. The van der Waals surface area contributed by atoms with E-state index in [9.17, 15) is 0 Å². The third-order valence-corrected chi connectivity index (χ3v) is 3.82. The second-order valence-corrected chi connectivity index (χ2v) is 5.45. The van der Waals surface area contributed by atoms with Gasteiger partial charge in [0, 0.05) is 30.7 Å². The third-order valence-electron chi connectivity index (χ3n) is 3.24. The van der Waals surface area contributed by atoms with Crippen molar-refractivity contribution in [2.24, 2.45) is 0 Å². The fraction of sp³-hybridized carbons (Fsp3) is 0.400. The van der Waals surface area contributed by atoms with Crippen molar-refractivity contribution >= 4 is 11.8 Å². The number of hydrogen-bond donors (Lipinski definition) is 0. The molecule has 0 fully saturated rings. The fourth-order valence-corrected chi connectivity index (χ4v) is 2.56. The molecule has 106 valence electrons. The van der Waals surface area contributed by atoms with Crippen LogP contribution in [0.2, 0.25) is 0 Å². The van der Waals surface area contributed by atoms with E-state index in [0.29, 0.717) is 6.04 Å². The Morgan fingerprint density at radius 3 is 2.50 bits per heavy atom. The number of thioether (sulfide) groups is 1. The second kappa shape index (κ2) is 7.36. The lowest BCUT2D eigenvalue weighted by atomic mass is 10.1. The van der Waals surface area contributed by atoms with Gasteiger partial charge in [0.15, 0.2) is 5.16 Å². The van der Waals surface area contributed by atoms with E-state index in [-0.39, 0.29) is 0 Å². The van der Waals surface area contributed by atoms with Crippen molar-refractivity contribution in [3.63, 3.8) is 0 Å². The van der Waals surface area contributed by atoms with Gasteiger partial charge in [-0.15, -0.1) is 0 Å². The van der Waals surface area contributed by atoms with E-state index in [2.05, 4.69) is 39.9 Å². The average molecular weight is 288 g/mol. The molecule has 0 aliphatic carbocycles. The molecule has 0 N–H and O–H groups in total. The zero-order valence-electron chi connectivity index (χ0n) is 12.2. The molecule has 4 nitrogen and oxygen atoms in total. The van der Waals surface area contributed by atoms with E-state index < -0.39 is 0 Å². The number of rotatable bonds is 6. The first-order chi connectivity index (χ1) is 9.74. The summed E-state index contributed by atoms with van der Waals surface area (Å²) in [7, 11) is 2.12. The van der Waals surface area contributed by atoms with Gasteiger partial charge in [-0.05, 0) is 31.9 Å². The van der Waals surface area contributed by atoms with E-state index in [1.807, 2.05) is 37.0 Å². The molecule has 0 amide bonds. The Kier molecular flexibility index (Phi) is 5.49. The largest absolute Gasteiger partial charge is 0.293 e. The molecule has 2 aromatic heterocycles. The molecule has 0 bridgehead atoms. The van der Waals surface area contributed by atoms with Crippen LogP contribution in [-0.4, -0.2) is 33.2 Å². The van der Waals surface area contributed by atoms with E-state index >= 15 is 0 Å². The molecule has 0 radical (unpaired) electrons. The van der Waals surface area contributed by atoms with Crippen LogP contribution in [0.1, 0.15) is 30.6 Å². The minimum absolute atomic E-state index is 0.316. The molecule has 2 aromatic rings. The molecular formula is C15H20N4S. The molecule has 2 rings (SSSR count). The average Bonchev–Trinajstić information content (AvgIpc) is 2.50. The minimum atomic E-state index is 0.316. The Bertz CT molecular complexity index is 515. The SMILES string of the molecule is CCC(c1ccccn1)N(C)Cc1cnc(SC)nc1. The molecule has 0 aliphatic heterocycles. The summed E-state index contributed by atoms with van der Waals surface area (Å²) in [4.78, 5) is 15.4. The van der Waals surface area contributed by atoms with Gasteiger partial charge in [-0.3, -0.25) is 9.88 Å². The Balaban J connectivity index is 2.07. The molecule has 2 heterocycles. The van der Waals surface area contributed by atoms with Gasteiger partial charge in [-0.1, -0.05) is 24.8 Å². The Morgan fingerprint density at radius 2 is 1.95 bits per heavy atom. The lowest BCUT2D eigenvalue weighted by molar-refractivity contribution is 0.225. The first-order valence-electron chi connectivity index (χ1n) is 6.70. The molecule has 5 heteroatoms. The lowest BCUT2D eigenvalue weighted by Gasteiger charge is -2.26. The maximum atomic E-state index is 4.46. The molecule has 0 spiro atoms. The van der Waals surface area contributed by atoms with E-state index in [4.69, 9.17) is 0 Å². The summed E-state index contributed by atoms with van der Waals surface area (Å²) in [6.07, 6.45) is 8.66. The van der Waals surface area contributed by atoms with Crippen LogP contribution in [-0.2, 0) is 6.54 Å². The first kappa shape index (κ1) is 14.9. The zero-order valence-corrected chi connectivity index (χ0v) is 13.0. The standard InChI is InChI=1S/C15H20N4S/c1-4-14(13-7-5-6-8-16-13)19(2)11-12-9-17-15(20-3)18-10-12/h5-10,14H,4,11H2,1-3H3. The highest BCUT2D eigenvalue weighted by molar-refractivity contribution is 7.98. The maximum Gasteiger partial charge on any atom is 0.187 e. The minimum Gasteiger partial charge on any atom is -0.293 e. The van der Waals surface area contributed by atoms with E-state index in [1.54, 1.807) is 11.8 Å². The molecular weight excluding hydrogens is 268 g/mol. The van der Waals surface area contributed by atoms with Gasteiger partial charge in [0.25, 0.3) is 0 Å². The summed E-state index contributed by atoms with van der Waals surface area (Å²) in [5, 5.41) is 0.813. The Labute approximate surface area is 124 Å². The number of aromatic nitrogens is 3. The monoisotopic (exact) mass is 288 g/mol. The van der Waals surface area contributed by atoms with E-state index in [0.717, 1.165) is 29.4 Å². The van der Waals surface area contributed by atoms with Crippen molar-refractivity contribution in [2.45, 2.75) is 31.1 Å². The van der Waals surface area contributed by atoms with Gasteiger partial charge >= 0.3 is 0 Å². The molecule has 1 unspecified atom stereocenters. The highest BCUT2D eigenvalue weighted by Gasteiger charge is 2.16. The topological polar surface area (TPSA) is 41.9 Å². The molecule has 0 saturated carbocycles. The molecule has 0 saturated heterocycles. The van der Waals surface area contributed by atoms with Gasteiger partial charge in [0.2, 0.25) is 0 Å². The lowest BCUT2D eigenvalue weighted by Crippen LogP contribution is -2.24. The summed E-state index contributed by atoms with van der Waals surface area (Å²) in [5.74, 6) is 0. The van der Waals surface area contributed by atoms with Crippen molar-refractivity contribution in [3.8, 4) is 0 Å². The maximum absolute atomic E-state index is 4.46. The van der Waals surface area contributed by atoms with Crippen molar-refractivity contribution < 1.29 is 0 Å². The zero-order chi connectivity index (χ0) is 14.4. The van der Waals surface area contributed by atoms with Crippen LogP contribution in [0, 0.1) is 0 Å². The van der Waals surface area contributed by atoms with Crippen LogP contribution in [0.15, 0.2) is 41.9 Å². The molecule has 20 heavy (non-hydrogen) atoms. The Hall–Kier alpha value is -1.46. The third kappa shape index (κ3) is 3.77. The fourth-order valence-electron chi connectivity index (χ4n) is 2.25. The van der Waals surface area contributed by atoms with Crippen LogP contribution in [0.5, 0.6) is 0 Å². The number of nitrogens with zero attached hydrogens (tertiary/aromatic N) is 4. The van der Waals surface area contributed by atoms with Crippen molar-refractivity contribution in [1.29, 1.82) is 0 Å².